The molecule has 1 aliphatic rings. The van der Waals surface area contributed by atoms with Gasteiger partial charge in [0.2, 0.25) is 5.91 Å². The largest absolute Gasteiger partial charge is 0.508 e. The van der Waals surface area contributed by atoms with Crippen LogP contribution in [-0.2, 0) is 4.79 Å². The molecule has 1 fully saturated rings. The van der Waals surface area contributed by atoms with Gasteiger partial charge in [-0.2, -0.15) is 0 Å². The minimum absolute atomic E-state index is 0.0151. The molecule has 1 heterocycles. The first-order valence-corrected chi connectivity index (χ1v) is 10.6. The van der Waals surface area contributed by atoms with E-state index in [4.69, 9.17) is 0 Å². The summed E-state index contributed by atoms with van der Waals surface area (Å²) in [4.78, 5) is 29.1. The molecular formula is C25H27N3O3. The van der Waals surface area contributed by atoms with Gasteiger partial charge in [-0.3, -0.25) is 14.5 Å². The van der Waals surface area contributed by atoms with Crippen LogP contribution in [0.1, 0.15) is 28.9 Å². The van der Waals surface area contributed by atoms with Gasteiger partial charge >= 0.3 is 0 Å². The van der Waals surface area contributed by atoms with Gasteiger partial charge in [-0.05, 0) is 47.5 Å². The minimum Gasteiger partial charge on any atom is -0.508 e. The quantitative estimate of drug-likeness (QED) is 0.669. The Morgan fingerprint density at radius 2 is 1.61 bits per heavy atom. The summed E-state index contributed by atoms with van der Waals surface area (Å²) in [5, 5.41) is 14.8. The van der Waals surface area contributed by atoms with Crippen LogP contribution in [0.2, 0.25) is 0 Å². The Hall–Kier alpha value is -3.38. The molecule has 1 unspecified atom stereocenters. The normalized spacial score (nSPS) is 15.6. The summed E-state index contributed by atoms with van der Waals surface area (Å²) >= 11 is 0. The predicted molar refractivity (Wildman–Crippen MR) is 121 cm³/mol. The number of phenolic OH excluding ortho intramolecular Hbond substituents is 1. The van der Waals surface area contributed by atoms with Crippen molar-refractivity contribution >= 4 is 22.6 Å². The first kappa shape index (κ1) is 20.9. The van der Waals surface area contributed by atoms with Gasteiger partial charge in [0.25, 0.3) is 5.91 Å². The summed E-state index contributed by atoms with van der Waals surface area (Å²) < 4.78 is 0. The number of rotatable bonds is 5. The highest BCUT2D eigenvalue weighted by molar-refractivity contribution is 5.94. The van der Waals surface area contributed by atoms with Gasteiger partial charge in [-0.25, -0.2) is 0 Å². The molecule has 1 saturated heterocycles. The summed E-state index contributed by atoms with van der Waals surface area (Å²) in [6, 6.07) is 20.5. The van der Waals surface area contributed by atoms with Gasteiger partial charge < -0.3 is 15.3 Å². The van der Waals surface area contributed by atoms with Crippen molar-refractivity contribution in [2.24, 2.45) is 0 Å². The molecule has 1 atom stereocenters. The molecule has 0 bridgehead atoms. The average Bonchev–Trinajstić information content (AvgIpc) is 2.79. The first-order chi connectivity index (χ1) is 15.0. The molecule has 0 aromatic heterocycles. The molecule has 1 aliphatic heterocycles. The van der Waals surface area contributed by atoms with Crippen LogP contribution in [0.3, 0.4) is 0 Å². The number of carbonyl (C=O) groups is 2. The Bertz CT molecular complexity index is 1070. The van der Waals surface area contributed by atoms with Crippen LogP contribution in [0.25, 0.3) is 10.8 Å². The number of aromatic hydroxyl groups is 1. The molecule has 0 aliphatic carbocycles. The molecule has 31 heavy (non-hydrogen) atoms. The van der Waals surface area contributed by atoms with Crippen molar-refractivity contribution < 1.29 is 14.7 Å². The number of amides is 2. The van der Waals surface area contributed by atoms with Crippen molar-refractivity contribution in [1.82, 2.24) is 15.1 Å². The number of fused-ring (bicyclic) bond motifs is 1. The molecule has 0 spiro atoms. The number of phenols is 1. The van der Waals surface area contributed by atoms with E-state index in [1.54, 1.807) is 17.0 Å². The average molecular weight is 418 g/mol. The van der Waals surface area contributed by atoms with Crippen LogP contribution in [-0.4, -0.2) is 59.4 Å². The zero-order valence-corrected chi connectivity index (χ0v) is 17.6. The van der Waals surface area contributed by atoms with Crippen LogP contribution >= 0.6 is 0 Å². The summed E-state index contributed by atoms with van der Waals surface area (Å²) in [5.41, 5.74) is 1.67. The van der Waals surface area contributed by atoms with Gasteiger partial charge in [0, 0.05) is 31.7 Å². The maximum absolute atomic E-state index is 12.6. The molecule has 4 rings (SSSR count). The highest BCUT2D eigenvalue weighted by atomic mass is 16.3. The van der Waals surface area contributed by atoms with E-state index in [1.165, 1.54) is 12.1 Å². The van der Waals surface area contributed by atoms with Crippen molar-refractivity contribution in [2.45, 2.75) is 13.0 Å². The molecule has 2 amide bonds. The summed E-state index contributed by atoms with van der Waals surface area (Å²) in [7, 11) is 0. The van der Waals surface area contributed by atoms with E-state index in [0.29, 0.717) is 38.3 Å². The number of hydrogen-bond donors (Lipinski definition) is 2. The van der Waals surface area contributed by atoms with Crippen molar-refractivity contribution in [3.05, 3.63) is 77.9 Å². The van der Waals surface area contributed by atoms with Crippen LogP contribution < -0.4 is 5.32 Å². The zero-order valence-electron chi connectivity index (χ0n) is 17.6. The second kappa shape index (κ2) is 9.18. The molecule has 2 N–H and O–H groups in total. The monoisotopic (exact) mass is 417 g/mol. The standard InChI is InChI=1S/C25H27N3O3/c1-18(22-8-4-6-19-5-2-3-7-23(19)22)26-24(30)17-27-13-15-28(16-14-27)25(31)20-9-11-21(29)12-10-20/h2-12,18,29H,13-17H2,1H3,(H,26,30). The number of nitrogens with zero attached hydrogens (tertiary/aromatic N) is 2. The van der Waals surface area contributed by atoms with Crippen LogP contribution in [0.15, 0.2) is 66.7 Å². The number of carbonyl (C=O) groups excluding carboxylic acids is 2. The first-order valence-electron chi connectivity index (χ1n) is 10.6. The van der Waals surface area contributed by atoms with Crippen LogP contribution in [0, 0.1) is 0 Å². The fourth-order valence-corrected chi connectivity index (χ4v) is 4.09. The van der Waals surface area contributed by atoms with E-state index in [-0.39, 0.29) is 23.6 Å². The third-order valence-electron chi connectivity index (χ3n) is 5.81. The molecular weight excluding hydrogens is 390 g/mol. The Balaban J connectivity index is 1.30. The lowest BCUT2D eigenvalue weighted by Gasteiger charge is -2.34. The third-order valence-corrected chi connectivity index (χ3v) is 5.81. The fourth-order valence-electron chi connectivity index (χ4n) is 4.09. The van der Waals surface area contributed by atoms with Crippen molar-refractivity contribution in [2.75, 3.05) is 32.7 Å². The third kappa shape index (κ3) is 4.86. The number of piperazine rings is 1. The lowest BCUT2D eigenvalue weighted by molar-refractivity contribution is -0.123. The highest BCUT2D eigenvalue weighted by Crippen LogP contribution is 2.24. The molecule has 3 aromatic carbocycles. The molecule has 0 radical (unpaired) electrons. The zero-order chi connectivity index (χ0) is 21.8. The van der Waals surface area contributed by atoms with E-state index >= 15 is 0 Å². The van der Waals surface area contributed by atoms with Crippen LogP contribution in [0.5, 0.6) is 5.75 Å². The minimum atomic E-state index is -0.0871. The van der Waals surface area contributed by atoms with Gasteiger partial charge in [-0.1, -0.05) is 42.5 Å². The second-order valence-corrected chi connectivity index (χ2v) is 7.97. The molecule has 160 valence electrons. The van der Waals surface area contributed by atoms with Gasteiger partial charge in [0.15, 0.2) is 0 Å². The van der Waals surface area contributed by atoms with Gasteiger partial charge in [-0.15, -0.1) is 0 Å². The highest BCUT2D eigenvalue weighted by Gasteiger charge is 2.24. The van der Waals surface area contributed by atoms with E-state index in [2.05, 4.69) is 34.5 Å². The number of benzene rings is 3. The predicted octanol–water partition coefficient (Wildman–Crippen LogP) is 3.18. The molecule has 3 aromatic rings. The van der Waals surface area contributed by atoms with E-state index in [0.717, 1.165) is 16.3 Å². The van der Waals surface area contributed by atoms with Gasteiger partial charge in [0.1, 0.15) is 5.75 Å². The maximum atomic E-state index is 12.6. The summed E-state index contributed by atoms with van der Waals surface area (Å²) in [6.07, 6.45) is 0. The Morgan fingerprint density at radius 3 is 2.35 bits per heavy atom. The number of hydrogen-bond acceptors (Lipinski definition) is 4. The number of nitrogens with one attached hydrogen (secondary N) is 1. The maximum Gasteiger partial charge on any atom is 0.253 e. The van der Waals surface area contributed by atoms with Crippen LogP contribution in [0.4, 0.5) is 0 Å². The van der Waals surface area contributed by atoms with E-state index in [1.807, 2.05) is 25.1 Å². The Morgan fingerprint density at radius 1 is 0.935 bits per heavy atom. The van der Waals surface area contributed by atoms with Gasteiger partial charge in [0.05, 0.1) is 12.6 Å². The SMILES string of the molecule is CC(NC(=O)CN1CCN(C(=O)c2ccc(O)cc2)CC1)c1cccc2ccccc12. The van der Waals surface area contributed by atoms with E-state index < -0.39 is 0 Å². The summed E-state index contributed by atoms with van der Waals surface area (Å²) in [5.74, 6) is 0.0811. The second-order valence-electron chi connectivity index (χ2n) is 7.97. The van der Waals surface area contributed by atoms with Crippen molar-refractivity contribution in [3.8, 4) is 5.75 Å². The van der Waals surface area contributed by atoms with Crippen molar-refractivity contribution in [1.29, 1.82) is 0 Å². The lowest BCUT2D eigenvalue weighted by atomic mass is 10.00. The Kier molecular flexibility index (Phi) is 6.18. The van der Waals surface area contributed by atoms with Crippen molar-refractivity contribution in [3.63, 3.8) is 0 Å². The Labute approximate surface area is 182 Å². The lowest BCUT2D eigenvalue weighted by Crippen LogP contribution is -2.51. The topological polar surface area (TPSA) is 72.9 Å². The molecule has 6 heteroatoms. The smallest absolute Gasteiger partial charge is 0.253 e. The molecule has 0 saturated carbocycles. The fraction of sp³-hybridized carbons (Fsp3) is 0.280. The molecule has 6 nitrogen and oxygen atoms in total. The van der Waals surface area contributed by atoms with E-state index in [9.17, 15) is 14.7 Å². The summed E-state index contributed by atoms with van der Waals surface area (Å²) in [6.45, 7) is 4.78.